The summed E-state index contributed by atoms with van der Waals surface area (Å²) in [6, 6.07) is 11.2. The monoisotopic (exact) mass is 318 g/mol. The maximum Gasteiger partial charge on any atom is 0.0352 e. The van der Waals surface area contributed by atoms with E-state index in [1.54, 1.807) is 0 Å². The highest BCUT2D eigenvalue weighted by Crippen LogP contribution is 2.28. The van der Waals surface area contributed by atoms with Gasteiger partial charge in [-0.15, -0.1) is 0 Å². The molecule has 0 atom stereocenters. The second-order valence-electron chi connectivity index (χ2n) is 6.59. The molecule has 122 valence electrons. The Kier molecular flexibility index (Phi) is 4.24. The molecule has 4 rings (SSSR count). The van der Waals surface area contributed by atoms with Crippen LogP contribution in [-0.4, -0.2) is 34.0 Å². The third-order valence-corrected chi connectivity index (χ3v) is 4.85. The van der Waals surface area contributed by atoms with Crippen molar-refractivity contribution in [2.24, 2.45) is 5.73 Å². The van der Waals surface area contributed by atoms with Crippen molar-refractivity contribution >= 4 is 10.8 Å². The molecule has 3 heterocycles. The molecule has 0 bridgehead atoms. The number of nitrogens with zero attached hydrogens (tertiary/aromatic N) is 3. The average Bonchev–Trinajstić information content (AvgIpc) is 2.64. The van der Waals surface area contributed by atoms with Crippen LogP contribution < -0.4 is 5.73 Å². The van der Waals surface area contributed by atoms with Gasteiger partial charge in [-0.1, -0.05) is 12.1 Å². The second kappa shape index (κ2) is 6.67. The first-order valence-electron chi connectivity index (χ1n) is 8.54. The van der Waals surface area contributed by atoms with Crippen LogP contribution in [0.15, 0.2) is 55.1 Å². The highest BCUT2D eigenvalue weighted by atomic mass is 15.1. The molecule has 1 fully saturated rings. The van der Waals surface area contributed by atoms with E-state index in [1.807, 2.05) is 36.9 Å². The summed E-state index contributed by atoms with van der Waals surface area (Å²) in [5, 5.41) is 2.43. The summed E-state index contributed by atoms with van der Waals surface area (Å²) in [7, 11) is 0. The van der Waals surface area contributed by atoms with Crippen molar-refractivity contribution in [3.05, 3.63) is 60.7 Å². The number of likely N-dealkylation sites (tertiary alicyclic amines) is 1. The lowest BCUT2D eigenvalue weighted by Gasteiger charge is -2.30. The Hall–Kier alpha value is -2.30. The highest BCUT2D eigenvalue weighted by molar-refractivity contribution is 5.96. The largest absolute Gasteiger partial charge is 0.328 e. The van der Waals surface area contributed by atoms with Gasteiger partial charge in [0, 0.05) is 48.3 Å². The van der Waals surface area contributed by atoms with Gasteiger partial charge in [-0.3, -0.25) is 14.9 Å². The Morgan fingerprint density at radius 3 is 2.58 bits per heavy atom. The first-order chi connectivity index (χ1) is 11.8. The number of nitrogens with two attached hydrogens (primary N) is 1. The minimum absolute atomic E-state index is 0.377. The van der Waals surface area contributed by atoms with Gasteiger partial charge < -0.3 is 5.73 Å². The summed E-state index contributed by atoms with van der Waals surface area (Å²) in [6.45, 7) is 3.17. The van der Waals surface area contributed by atoms with E-state index in [1.165, 1.54) is 16.3 Å². The number of benzene rings is 1. The smallest absolute Gasteiger partial charge is 0.0352 e. The van der Waals surface area contributed by atoms with E-state index in [9.17, 15) is 0 Å². The summed E-state index contributed by atoms with van der Waals surface area (Å²) in [5.74, 6) is 0. The zero-order valence-corrected chi connectivity index (χ0v) is 13.7. The summed E-state index contributed by atoms with van der Waals surface area (Å²) < 4.78 is 0. The molecular formula is C20H22N4. The van der Waals surface area contributed by atoms with Crippen LogP contribution in [0.3, 0.4) is 0 Å². The van der Waals surface area contributed by atoms with Crippen molar-refractivity contribution in [1.82, 2.24) is 14.9 Å². The van der Waals surface area contributed by atoms with Gasteiger partial charge in [0.15, 0.2) is 0 Å². The Bertz CT molecular complexity index is 823. The molecule has 1 aliphatic heterocycles. The third kappa shape index (κ3) is 3.16. The fourth-order valence-electron chi connectivity index (χ4n) is 3.44. The second-order valence-corrected chi connectivity index (χ2v) is 6.59. The molecule has 24 heavy (non-hydrogen) atoms. The van der Waals surface area contributed by atoms with Gasteiger partial charge in [-0.2, -0.15) is 0 Å². The fraction of sp³-hybridized carbons (Fsp3) is 0.300. The van der Waals surface area contributed by atoms with E-state index in [4.69, 9.17) is 5.73 Å². The quantitative estimate of drug-likeness (QED) is 0.805. The number of fused-ring (bicyclic) bond motifs is 1. The molecule has 0 unspecified atom stereocenters. The molecule has 0 radical (unpaired) electrons. The summed E-state index contributed by atoms with van der Waals surface area (Å²) in [4.78, 5) is 11.0. The standard InChI is InChI=1S/C20H22N4/c21-18-5-9-24(10-6-18)14-15-1-2-17-12-23-13-20(19(17)11-15)16-3-7-22-8-4-16/h1-4,7-8,11-13,18H,5-6,9-10,14,21H2. The van der Waals surface area contributed by atoms with Crippen LogP contribution in [0.1, 0.15) is 18.4 Å². The fourth-order valence-corrected chi connectivity index (χ4v) is 3.44. The third-order valence-electron chi connectivity index (χ3n) is 4.85. The minimum atomic E-state index is 0.377. The van der Waals surface area contributed by atoms with Gasteiger partial charge in [0.1, 0.15) is 0 Å². The van der Waals surface area contributed by atoms with E-state index in [2.05, 4.69) is 33.1 Å². The first-order valence-corrected chi connectivity index (χ1v) is 8.54. The van der Waals surface area contributed by atoms with E-state index in [0.717, 1.165) is 43.6 Å². The lowest BCUT2D eigenvalue weighted by atomic mass is 9.99. The van der Waals surface area contributed by atoms with Crippen LogP contribution >= 0.6 is 0 Å². The lowest BCUT2D eigenvalue weighted by molar-refractivity contribution is 0.206. The van der Waals surface area contributed by atoms with Crippen molar-refractivity contribution in [3.8, 4) is 11.1 Å². The molecule has 4 heteroatoms. The Morgan fingerprint density at radius 2 is 1.79 bits per heavy atom. The normalized spacial score (nSPS) is 16.5. The van der Waals surface area contributed by atoms with Crippen LogP contribution in [-0.2, 0) is 6.54 Å². The van der Waals surface area contributed by atoms with E-state index in [-0.39, 0.29) is 0 Å². The summed E-state index contributed by atoms with van der Waals surface area (Å²) >= 11 is 0. The van der Waals surface area contributed by atoms with Crippen LogP contribution in [0.2, 0.25) is 0 Å². The first kappa shape index (κ1) is 15.2. The van der Waals surface area contributed by atoms with E-state index >= 15 is 0 Å². The molecule has 0 spiro atoms. The SMILES string of the molecule is NC1CCN(Cc2ccc3cncc(-c4ccncc4)c3c2)CC1. The zero-order valence-electron chi connectivity index (χ0n) is 13.7. The number of rotatable bonds is 3. The Balaban J connectivity index is 1.67. The topological polar surface area (TPSA) is 55.0 Å². The number of pyridine rings is 2. The van der Waals surface area contributed by atoms with E-state index in [0.29, 0.717) is 6.04 Å². The lowest BCUT2D eigenvalue weighted by Crippen LogP contribution is -2.39. The van der Waals surface area contributed by atoms with E-state index < -0.39 is 0 Å². The van der Waals surface area contributed by atoms with Crippen molar-refractivity contribution in [2.45, 2.75) is 25.4 Å². The molecular weight excluding hydrogens is 296 g/mol. The van der Waals surface area contributed by atoms with Crippen LogP contribution in [0.4, 0.5) is 0 Å². The molecule has 0 saturated carbocycles. The molecule has 1 saturated heterocycles. The van der Waals surface area contributed by atoms with Gasteiger partial charge in [0.05, 0.1) is 0 Å². The number of hydrogen-bond donors (Lipinski definition) is 1. The highest BCUT2D eigenvalue weighted by Gasteiger charge is 2.16. The number of piperidine rings is 1. The minimum Gasteiger partial charge on any atom is -0.328 e. The van der Waals surface area contributed by atoms with Gasteiger partial charge in [0.2, 0.25) is 0 Å². The predicted octanol–water partition coefficient (Wildman–Crippen LogP) is 3.22. The molecule has 0 aliphatic carbocycles. The molecule has 2 N–H and O–H groups in total. The van der Waals surface area contributed by atoms with Gasteiger partial charge in [-0.25, -0.2) is 0 Å². The van der Waals surface area contributed by atoms with Crippen LogP contribution in [0.5, 0.6) is 0 Å². The number of hydrogen-bond acceptors (Lipinski definition) is 4. The summed E-state index contributed by atoms with van der Waals surface area (Å²) in [5.41, 5.74) is 9.68. The molecule has 2 aromatic heterocycles. The van der Waals surface area contributed by atoms with Crippen molar-refractivity contribution < 1.29 is 0 Å². The van der Waals surface area contributed by atoms with Gasteiger partial charge in [0.25, 0.3) is 0 Å². The molecule has 3 aromatic rings. The maximum atomic E-state index is 6.01. The maximum absolute atomic E-state index is 6.01. The number of aromatic nitrogens is 2. The zero-order chi connectivity index (χ0) is 16.4. The molecule has 1 aromatic carbocycles. The van der Waals surface area contributed by atoms with Crippen molar-refractivity contribution in [3.63, 3.8) is 0 Å². The predicted molar refractivity (Wildman–Crippen MR) is 97.5 cm³/mol. The van der Waals surface area contributed by atoms with Crippen molar-refractivity contribution in [2.75, 3.05) is 13.1 Å². The van der Waals surface area contributed by atoms with Crippen LogP contribution in [0, 0.1) is 0 Å². The molecule has 1 aliphatic rings. The Labute approximate surface area is 142 Å². The molecule has 0 amide bonds. The average molecular weight is 318 g/mol. The molecule has 4 nitrogen and oxygen atoms in total. The van der Waals surface area contributed by atoms with Gasteiger partial charge in [-0.05, 0) is 60.6 Å². The Morgan fingerprint density at radius 1 is 1.00 bits per heavy atom. The summed E-state index contributed by atoms with van der Waals surface area (Å²) in [6.07, 6.45) is 9.73. The van der Waals surface area contributed by atoms with Crippen molar-refractivity contribution in [1.29, 1.82) is 0 Å². The van der Waals surface area contributed by atoms with Crippen LogP contribution in [0.25, 0.3) is 21.9 Å². The van der Waals surface area contributed by atoms with Gasteiger partial charge >= 0.3 is 0 Å².